The average Bonchev–Trinajstić information content (AvgIpc) is 2.77. The molecule has 0 fully saturated rings. The van der Waals surface area contributed by atoms with Crippen molar-refractivity contribution in [1.29, 1.82) is 0 Å². The Morgan fingerprint density at radius 3 is 2.83 bits per heavy atom. The van der Waals surface area contributed by atoms with Crippen LogP contribution in [0.3, 0.4) is 0 Å². The average molecular weight is 262 g/mol. The molecule has 6 nitrogen and oxygen atoms in total. The number of benzene rings is 1. The van der Waals surface area contributed by atoms with Crippen LogP contribution in [0.15, 0.2) is 35.4 Å². The van der Waals surface area contributed by atoms with Crippen LogP contribution in [0.2, 0.25) is 5.02 Å². The normalized spacial score (nSPS) is 10.9. The third kappa shape index (κ3) is 1.86. The second-order valence-corrected chi connectivity index (χ2v) is 4.21. The third-order valence-electron chi connectivity index (χ3n) is 2.55. The first-order valence-electron chi connectivity index (χ1n) is 5.25. The maximum Gasteiger partial charge on any atom is 0.280 e. The van der Waals surface area contributed by atoms with E-state index in [1.165, 1.54) is 6.33 Å². The first-order chi connectivity index (χ1) is 8.74. The van der Waals surface area contributed by atoms with E-state index in [0.29, 0.717) is 17.2 Å². The lowest BCUT2D eigenvalue weighted by molar-refractivity contribution is 0.664. The molecule has 0 aliphatic rings. The smallest absolute Gasteiger partial charge is 0.280 e. The Morgan fingerprint density at radius 2 is 2.06 bits per heavy atom. The van der Waals surface area contributed by atoms with E-state index in [0.717, 1.165) is 5.56 Å². The number of aromatic nitrogens is 5. The molecule has 0 aliphatic heterocycles. The first-order valence-corrected chi connectivity index (χ1v) is 5.63. The molecule has 1 N–H and O–H groups in total. The Hall–Kier alpha value is -2.21. The monoisotopic (exact) mass is 261 g/mol. The molecule has 7 heteroatoms. The highest BCUT2D eigenvalue weighted by molar-refractivity contribution is 6.30. The Labute approximate surface area is 106 Å². The van der Waals surface area contributed by atoms with Gasteiger partial charge in [-0.05, 0) is 17.7 Å². The molecule has 2 heterocycles. The van der Waals surface area contributed by atoms with Crippen LogP contribution in [0, 0.1) is 0 Å². The number of rotatable bonds is 2. The zero-order chi connectivity index (χ0) is 12.5. The van der Waals surface area contributed by atoms with Crippen LogP contribution < -0.4 is 5.56 Å². The maximum absolute atomic E-state index is 11.5. The molecule has 1 aromatic carbocycles. The summed E-state index contributed by atoms with van der Waals surface area (Å²) in [4.78, 5) is 18.0. The van der Waals surface area contributed by atoms with Gasteiger partial charge in [-0.1, -0.05) is 28.9 Å². The van der Waals surface area contributed by atoms with Gasteiger partial charge in [-0.15, -0.1) is 5.10 Å². The van der Waals surface area contributed by atoms with Crippen LogP contribution in [0.1, 0.15) is 5.56 Å². The summed E-state index contributed by atoms with van der Waals surface area (Å²) in [6.45, 7) is 0.490. The van der Waals surface area contributed by atoms with Gasteiger partial charge in [0.15, 0.2) is 11.2 Å². The number of hydrogen-bond acceptors (Lipinski definition) is 4. The van der Waals surface area contributed by atoms with Crippen LogP contribution in [0.5, 0.6) is 0 Å². The fourth-order valence-electron chi connectivity index (χ4n) is 1.67. The fourth-order valence-corrected chi connectivity index (χ4v) is 1.80. The van der Waals surface area contributed by atoms with Gasteiger partial charge in [0.2, 0.25) is 0 Å². The standard InChI is InChI=1S/C11H8ClN5O/c12-8-3-1-7(2-4-8)5-17-10-9(15-16-17)11(18)14-6-13-10/h1-4,6H,5H2,(H,13,14,18). The van der Waals surface area contributed by atoms with E-state index in [-0.39, 0.29) is 11.1 Å². The highest BCUT2D eigenvalue weighted by Gasteiger charge is 2.08. The summed E-state index contributed by atoms with van der Waals surface area (Å²) in [5.41, 5.74) is 1.43. The van der Waals surface area contributed by atoms with Crippen LogP contribution in [0.4, 0.5) is 0 Å². The van der Waals surface area contributed by atoms with Crippen molar-refractivity contribution in [3.8, 4) is 0 Å². The topological polar surface area (TPSA) is 76.5 Å². The van der Waals surface area contributed by atoms with Crippen molar-refractivity contribution >= 4 is 22.8 Å². The molecule has 0 atom stereocenters. The van der Waals surface area contributed by atoms with Gasteiger partial charge in [0.05, 0.1) is 12.9 Å². The maximum atomic E-state index is 11.5. The number of fused-ring (bicyclic) bond motifs is 1. The van der Waals surface area contributed by atoms with E-state index < -0.39 is 0 Å². The molecule has 90 valence electrons. The highest BCUT2D eigenvalue weighted by Crippen LogP contribution is 2.11. The second kappa shape index (κ2) is 4.23. The zero-order valence-corrected chi connectivity index (χ0v) is 9.92. The molecule has 0 aliphatic carbocycles. The number of hydrogen-bond donors (Lipinski definition) is 1. The minimum absolute atomic E-state index is 0.242. The van der Waals surface area contributed by atoms with E-state index in [9.17, 15) is 4.79 Å². The minimum atomic E-state index is -0.289. The molecule has 0 spiro atoms. The van der Waals surface area contributed by atoms with Gasteiger partial charge >= 0.3 is 0 Å². The van der Waals surface area contributed by atoms with E-state index in [4.69, 9.17) is 11.6 Å². The van der Waals surface area contributed by atoms with E-state index in [1.807, 2.05) is 12.1 Å². The number of nitrogens with one attached hydrogen (secondary N) is 1. The molecule has 3 rings (SSSR count). The molecule has 18 heavy (non-hydrogen) atoms. The van der Waals surface area contributed by atoms with Crippen LogP contribution in [-0.2, 0) is 6.54 Å². The molecule has 2 aromatic heterocycles. The summed E-state index contributed by atoms with van der Waals surface area (Å²) >= 11 is 5.82. The molecule has 0 amide bonds. The SMILES string of the molecule is O=c1[nH]cnc2c1nnn2Cc1ccc(Cl)cc1. The lowest BCUT2D eigenvalue weighted by Gasteiger charge is -2.01. The van der Waals surface area contributed by atoms with E-state index in [2.05, 4.69) is 20.3 Å². The Morgan fingerprint density at radius 1 is 1.28 bits per heavy atom. The quantitative estimate of drug-likeness (QED) is 0.752. The predicted octanol–water partition coefficient (Wildman–Crippen LogP) is 1.22. The minimum Gasteiger partial charge on any atom is -0.311 e. The molecule has 0 saturated heterocycles. The highest BCUT2D eigenvalue weighted by atomic mass is 35.5. The molecular formula is C11H8ClN5O. The van der Waals surface area contributed by atoms with Gasteiger partial charge in [0.1, 0.15) is 0 Å². The van der Waals surface area contributed by atoms with Crippen LogP contribution in [0.25, 0.3) is 11.2 Å². The van der Waals surface area contributed by atoms with Gasteiger partial charge in [0.25, 0.3) is 5.56 Å². The van der Waals surface area contributed by atoms with Crippen molar-refractivity contribution < 1.29 is 0 Å². The van der Waals surface area contributed by atoms with E-state index >= 15 is 0 Å². The van der Waals surface area contributed by atoms with Gasteiger partial charge in [-0.25, -0.2) is 9.67 Å². The summed E-state index contributed by atoms with van der Waals surface area (Å²) in [5, 5.41) is 8.42. The fraction of sp³-hybridized carbons (Fsp3) is 0.0909. The van der Waals surface area contributed by atoms with E-state index in [1.54, 1.807) is 16.8 Å². The van der Waals surface area contributed by atoms with Gasteiger partial charge in [-0.3, -0.25) is 4.79 Å². The first kappa shape index (κ1) is 10.9. The van der Waals surface area contributed by atoms with Crippen LogP contribution >= 0.6 is 11.6 Å². The number of halogens is 1. The van der Waals surface area contributed by atoms with Crippen molar-refractivity contribution in [3.63, 3.8) is 0 Å². The molecular weight excluding hydrogens is 254 g/mol. The third-order valence-corrected chi connectivity index (χ3v) is 2.80. The van der Waals surface area contributed by atoms with Crippen molar-refractivity contribution in [2.24, 2.45) is 0 Å². The Balaban J connectivity index is 2.03. The van der Waals surface area contributed by atoms with Gasteiger partial charge < -0.3 is 4.98 Å². The molecule has 3 aromatic rings. The van der Waals surface area contributed by atoms with Gasteiger partial charge in [0, 0.05) is 5.02 Å². The molecule has 0 bridgehead atoms. The lowest BCUT2D eigenvalue weighted by Crippen LogP contribution is -2.08. The summed E-state index contributed by atoms with van der Waals surface area (Å²) < 4.78 is 1.58. The Bertz CT molecular complexity index is 746. The summed E-state index contributed by atoms with van der Waals surface area (Å²) in [6, 6.07) is 7.39. The van der Waals surface area contributed by atoms with Gasteiger partial charge in [-0.2, -0.15) is 0 Å². The largest absolute Gasteiger partial charge is 0.311 e. The zero-order valence-electron chi connectivity index (χ0n) is 9.17. The second-order valence-electron chi connectivity index (χ2n) is 3.78. The lowest BCUT2D eigenvalue weighted by atomic mass is 10.2. The predicted molar refractivity (Wildman–Crippen MR) is 66.5 cm³/mol. The number of nitrogens with zero attached hydrogens (tertiary/aromatic N) is 4. The van der Waals surface area contributed by atoms with Crippen molar-refractivity contribution in [1.82, 2.24) is 25.0 Å². The number of H-pyrrole nitrogens is 1. The summed E-state index contributed by atoms with van der Waals surface area (Å²) in [5.74, 6) is 0. The number of aromatic amines is 1. The molecule has 0 unspecified atom stereocenters. The Kier molecular flexibility index (Phi) is 2.56. The van der Waals surface area contributed by atoms with Crippen LogP contribution in [-0.4, -0.2) is 25.0 Å². The summed E-state index contributed by atoms with van der Waals surface area (Å²) in [6.07, 6.45) is 1.34. The molecule has 0 radical (unpaired) electrons. The van der Waals surface area contributed by atoms with Crippen molar-refractivity contribution in [2.75, 3.05) is 0 Å². The summed E-state index contributed by atoms with van der Waals surface area (Å²) in [7, 11) is 0. The molecule has 0 saturated carbocycles. The van der Waals surface area contributed by atoms with Crippen molar-refractivity contribution in [2.45, 2.75) is 6.54 Å². The van der Waals surface area contributed by atoms with Crippen molar-refractivity contribution in [3.05, 3.63) is 51.5 Å².